The van der Waals surface area contributed by atoms with Crippen LogP contribution >= 0.6 is 0 Å². The van der Waals surface area contributed by atoms with Gasteiger partial charge in [0, 0.05) is 24.5 Å². The molecule has 0 bridgehead atoms. The molecule has 0 amide bonds. The quantitative estimate of drug-likeness (QED) is 0.670. The molecule has 1 heterocycles. The van der Waals surface area contributed by atoms with Crippen molar-refractivity contribution < 1.29 is 0 Å². The molecule has 0 saturated heterocycles. The normalized spacial score (nSPS) is 10.1. The summed E-state index contributed by atoms with van der Waals surface area (Å²) in [6, 6.07) is 1.96. The summed E-state index contributed by atoms with van der Waals surface area (Å²) in [5, 5.41) is 6.19. The molecule has 0 aromatic carbocycles. The zero-order chi connectivity index (χ0) is 9.68. The average molecular weight is 180 g/mol. The Morgan fingerprint density at radius 1 is 1.15 bits per heavy atom. The van der Waals surface area contributed by atoms with Gasteiger partial charge in [0.15, 0.2) is 0 Å². The van der Waals surface area contributed by atoms with E-state index in [9.17, 15) is 0 Å². The van der Waals surface area contributed by atoms with Crippen LogP contribution in [0.25, 0.3) is 0 Å². The fraction of sp³-hybridized carbons (Fsp3) is 0.556. The first-order chi connectivity index (χ1) is 6.22. The Labute approximate surface area is 78.8 Å². The molecule has 4 nitrogen and oxygen atoms in total. The third-order valence-corrected chi connectivity index (χ3v) is 1.64. The first kappa shape index (κ1) is 9.92. The standard InChI is InChI=1S/C9H16N4/c1-7-6-8(2)13-9(12-7)11-5-4-10-3/h6,10H,4-5H2,1-3H3,(H,11,12,13). The fourth-order valence-corrected chi connectivity index (χ4v) is 1.10. The zero-order valence-electron chi connectivity index (χ0n) is 8.39. The van der Waals surface area contributed by atoms with Crippen LogP contribution in [0.1, 0.15) is 11.4 Å². The molecule has 2 N–H and O–H groups in total. The summed E-state index contributed by atoms with van der Waals surface area (Å²) < 4.78 is 0. The number of aromatic nitrogens is 2. The summed E-state index contributed by atoms with van der Waals surface area (Å²) in [5.41, 5.74) is 2.00. The largest absolute Gasteiger partial charge is 0.353 e. The molecule has 0 aliphatic carbocycles. The van der Waals surface area contributed by atoms with Crippen molar-refractivity contribution in [2.75, 3.05) is 25.5 Å². The minimum Gasteiger partial charge on any atom is -0.353 e. The van der Waals surface area contributed by atoms with Gasteiger partial charge in [-0.2, -0.15) is 0 Å². The van der Waals surface area contributed by atoms with E-state index in [1.165, 1.54) is 0 Å². The third-order valence-electron chi connectivity index (χ3n) is 1.64. The summed E-state index contributed by atoms with van der Waals surface area (Å²) in [6.07, 6.45) is 0. The highest BCUT2D eigenvalue weighted by molar-refractivity contribution is 5.27. The van der Waals surface area contributed by atoms with Gasteiger partial charge in [-0.15, -0.1) is 0 Å². The molecule has 1 rings (SSSR count). The summed E-state index contributed by atoms with van der Waals surface area (Å²) in [4.78, 5) is 8.51. The number of likely N-dealkylation sites (N-methyl/N-ethyl adjacent to an activating group) is 1. The van der Waals surface area contributed by atoms with Gasteiger partial charge < -0.3 is 10.6 Å². The molecular formula is C9H16N4. The monoisotopic (exact) mass is 180 g/mol. The van der Waals surface area contributed by atoms with E-state index < -0.39 is 0 Å². The minimum atomic E-state index is 0.716. The Morgan fingerprint density at radius 2 is 1.77 bits per heavy atom. The van der Waals surface area contributed by atoms with Crippen LogP contribution < -0.4 is 10.6 Å². The van der Waals surface area contributed by atoms with E-state index in [-0.39, 0.29) is 0 Å². The van der Waals surface area contributed by atoms with Crippen LogP contribution in [0.2, 0.25) is 0 Å². The Bertz CT molecular complexity index is 252. The van der Waals surface area contributed by atoms with Crippen molar-refractivity contribution in [1.82, 2.24) is 15.3 Å². The Morgan fingerprint density at radius 3 is 2.31 bits per heavy atom. The van der Waals surface area contributed by atoms with Gasteiger partial charge in [-0.1, -0.05) is 0 Å². The molecule has 0 aliphatic rings. The first-order valence-corrected chi connectivity index (χ1v) is 4.43. The lowest BCUT2D eigenvalue weighted by Gasteiger charge is -2.05. The predicted molar refractivity (Wildman–Crippen MR) is 53.9 cm³/mol. The first-order valence-electron chi connectivity index (χ1n) is 4.43. The number of hydrogen-bond acceptors (Lipinski definition) is 4. The number of anilines is 1. The van der Waals surface area contributed by atoms with Gasteiger partial charge in [-0.3, -0.25) is 0 Å². The maximum Gasteiger partial charge on any atom is 0.223 e. The lowest BCUT2D eigenvalue weighted by atomic mass is 10.4. The van der Waals surface area contributed by atoms with E-state index in [0.717, 1.165) is 24.5 Å². The lowest BCUT2D eigenvalue weighted by Crippen LogP contribution is -2.19. The number of nitrogens with one attached hydrogen (secondary N) is 2. The second-order valence-electron chi connectivity index (χ2n) is 3.00. The van der Waals surface area contributed by atoms with Crippen LogP contribution in [0.15, 0.2) is 6.07 Å². The highest BCUT2D eigenvalue weighted by Gasteiger charge is 1.96. The van der Waals surface area contributed by atoms with Crippen LogP contribution in [-0.2, 0) is 0 Å². The van der Waals surface area contributed by atoms with Crippen molar-refractivity contribution in [1.29, 1.82) is 0 Å². The summed E-state index contributed by atoms with van der Waals surface area (Å²) >= 11 is 0. The zero-order valence-corrected chi connectivity index (χ0v) is 8.39. The van der Waals surface area contributed by atoms with E-state index in [1.54, 1.807) is 0 Å². The molecular weight excluding hydrogens is 164 g/mol. The molecule has 0 unspecified atom stereocenters. The Hall–Kier alpha value is -1.16. The molecule has 0 radical (unpaired) electrons. The Balaban J connectivity index is 2.56. The van der Waals surface area contributed by atoms with Crippen molar-refractivity contribution in [2.24, 2.45) is 0 Å². The van der Waals surface area contributed by atoms with Gasteiger partial charge in [0.25, 0.3) is 0 Å². The van der Waals surface area contributed by atoms with E-state index in [4.69, 9.17) is 0 Å². The van der Waals surface area contributed by atoms with Crippen LogP contribution in [0, 0.1) is 13.8 Å². The van der Waals surface area contributed by atoms with Crippen molar-refractivity contribution >= 4 is 5.95 Å². The summed E-state index contributed by atoms with van der Waals surface area (Å²) in [7, 11) is 1.92. The van der Waals surface area contributed by atoms with E-state index >= 15 is 0 Å². The van der Waals surface area contributed by atoms with Crippen molar-refractivity contribution in [2.45, 2.75) is 13.8 Å². The van der Waals surface area contributed by atoms with E-state index in [1.807, 2.05) is 27.0 Å². The fourth-order valence-electron chi connectivity index (χ4n) is 1.10. The second-order valence-corrected chi connectivity index (χ2v) is 3.00. The molecule has 0 aliphatic heterocycles. The predicted octanol–water partition coefficient (Wildman–Crippen LogP) is 0.725. The minimum absolute atomic E-state index is 0.716. The van der Waals surface area contributed by atoms with Crippen molar-refractivity contribution in [3.8, 4) is 0 Å². The number of nitrogens with zero attached hydrogens (tertiary/aromatic N) is 2. The van der Waals surface area contributed by atoms with Gasteiger partial charge in [0.05, 0.1) is 0 Å². The highest BCUT2D eigenvalue weighted by Crippen LogP contribution is 2.02. The van der Waals surface area contributed by atoms with Gasteiger partial charge in [0.1, 0.15) is 0 Å². The number of aryl methyl sites for hydroxylation is 2. The number of rotatable bonds is 4. The van der Waals surface area contributed by atoms with Crippen LogP contribution in [0.5, 0.6) is 0 Å². The van der Waals surface area contributed by atoms with E-state index in [0.29, 0.717) is 5.95 Å². The highest BCUT2D eigenvalue weighted by atomic mass is 15.1. The van der Waals surface area contributed by atoms with Crippen molar-refractivity contribution in [3.63, 3.8) is 0 Å². The molecule has 1 aromatic rings. The maximum atomic E-state index is 4.26. The van der Waals surface area contributed by atoms with Gasteiger partial charge >= 0.3 is 0 Å². The average Bonchev–Trinajstić information content (AvgIpc) is 2.03. The lowest BCUT2D eigenvalue weighted by molar-refractivity contribution is 0.816. The molecule has 13 heavy (non-hydrogen) atoms. The molecule has 1 aromatic heterocycles. The van der Waals surface area contributed by atoms with Crippen LogP contribution in [-0.4, -0.2) is 30.1 Å². The molecule has 72 valence electrons. The third kappa shape index (κ3) is 3.38. The summed E-state index contributed by atoms with van der Waals surface area (Å²) in [6.45, 7) is 5.70. The Kier molecular flexibility index (Phi) is 3.64. The van der Waals surface area contributed by atoms with Gasteiger partial charge in [-0.05, 0) is 27.0 Å². The molecule has 0 spiro atoms. The van der Waals surface area contributed by atoms with Crippen LogP contribution in [0.4, 0.5) is 5.95 Å². The SMILES string of the molecule is CNCCNc1nc(C)cc(C)n1. The van der Waals surface area contributed by atoms with E-state index in [2.05, 4.69) is 20.6 Å². The second kappa shape index (κ2) is 4.77. The van der Waals surface area contributed by atoms with Crippen LogP contribution in [0.3, 0.4) is 0 Å². The van der Waals surface area contributed by atoms with Gasteiger partial charge in [-0.25, -0.2) is 9.97 Å². The number of hydrogen-bond donors (Lipinski definition) is 2. The molecule has 0 saturated carbocycles. The van der Waals surface area contributed by atoms with Gasteiger partial charge in [0.2, 0.25) is 5.95 Å². The topological polar surface area (TPSA) is 49.8 Å². The molecule has 0 atom stereocenters. The maximum absolute atomic E-state index is 4.26. The molecule has 0 fully saturated rings. The smallest absolute Gasteiger partial charge is 0.223 e. The molecule has 4 heteroatoms. The van der Waals surface area contributed by atoms with Crippen molar-refractivity contribution in [3.05, 3.63) is 17.5 Å². The summed E-state index contributed by atoms with van der Waals surface area (Å²) in [5.74, 6) is 0.716.